The van der Waals surface area contributed by atoms with Gasteiger partial charge in [-0.25, -0.2) is 4.52 Å². The molecule has 0 spiro atoms. The summed E-state index contributed by atoms with van der Waals surface area (Å²) in [6, 6.07) is 3.89. The number of hydrogen-bond donors (Lipinski definition) is 1. The normalized spacial score (nSPS) is 11.4. The monoisotopic (exact) mass is 210 g/mol. The molecule has 4 nitrogen and oxygen atoms in total. The Labute approximate surface area is 86.7 Å². The second-order valence-corrected chi connectivity index (χ2v) is 3.81. The van der Waals surface area contributed by atoms with Crippen molar-refractivity contribution in [2.24, 2.45) is 0 Å². The Hall–Kier alpha value is -1.29. The lowest BCUT2D eigenvalue weighted by atomic mass is 10.1. The van der Waals surface area contributed by atoms with Gasteiger partial charge in [-0.3, -0.25) is 0 Å². The highest BCUT2D eigenvalue weighted by Crippen LogP contribution is 2.21. The fraction of sp³-hybridized carbons (Fsp3) is 0.333. The van der Waals surface area contributed by atoms with E-state index in [1.54, 1.807) is 4.52 Å². The van der Waals surface area contributed by atoms with Crippen molar-refractivity contribution in [2.45, 2.75) is 19.8 Å². The van der Waals surface area contributed by atoms with Crippen molar-refractivity contribution in [2.75, 3.05) is 5.73 Å². The van der Waals surface area contributed by atoms with Gasteiger partial charge < -0.3 is 5.73 Å². The number of anilines is 1. The molecule has 0 aliphatic heterocycles. The molecule has 2 aromatic heterocycles. The summed E-state index contributed by atoms with van der Waals surface area (Å²) in [6.45, 7) is 4.18. The van der Waals surface area contributed by atoms with Crippen LogP contribution in [0.3, 0.4) is 0 Å². The van der Waals surface area contributed by atoms with E-state index in [0.29, 0.717) is 11.7 Å². The minimum Gasteiger partial charge on any atom is -0.382 e. The standard InChI is InChI=1S/C9H11ClN4/c1-5(2)6-3-4-7-8(11)12-9(10)13-14(6)7/h3-5H,1-2H3,(H2,11,12,13). The second kappa shape index (κ2) is 3.13. The Kier molecular flexibility index (Phi) is 2.07. The fourth-order valence-electron chi connectivity index (χ4n) is 1.45. The molecule has 0 amide bonds. The molecule has 0 saturated heterocycles. The largest absolute Gasteiger partial charge is 0.382 e. The van der Waals surface area contributed by atoms with E-state index in [0.717, 1.165) is 11.2 Å². The Morgan fingerprint density at radius 2 is 2.14 bits per heavy atom. The molecule has 0 unspecified atom stereocenters. The first kappa shape index (κ1) is 9.27. The summed E-state index contributed by atoms with van der Waals surface area (Å²) in [5.74, 6) is 0.791. The van der Waals surface area contributed by atoms with Gasteiger partial charge >= 0.3 is 0 Å². The first-order valence-corrected chi connectivity index (χ1v) is 4.78. The second-order valence-electron chi connectivity index (χ2n) is 3.48. The highest BCUT2D eigenvalue weighted by molar-refractivity contribution is 6.28. The molecule has 2 N–H and O–H groups in total. The molecular formula is C9H11ClN4. The van der Waals surface area contributed by atoms with Gasteiger partial charge in [0.1, 0.15) is 5.52 Å². The smallest absolute Gasteiger partial charge is 0.243 e. The van der Waals surface area contributed by atoms with Crippen LogP contribution in [0.5, 0.6) is 0 Å². The van der Waals surface area contributed by atoms with E-state index in [9.17, 15) is 0 Å². The van der Waals surface area contributed by atoms with Crippen molar-refractivity contribution in [1.82, 2.24) is 14.6 Å². The van der Waals surface area contributed by atoms with Crippen LogP contribution < -0.4 is 5.73 Å². The van der Waals surface area contributed by atoms with Crippen LogP contribution in [-0.4, -0.2) is 14.6 Å². The number of halogens is 1. The van der Waals surface area contributed by atoms with Gasteiger partial charge in [-0.05, 0) is 29.7 Å². The van der Waals surface area contributed by atoms with E-state index in [4.69, 9.17) is 17.3 Å². The zero-order valence-corrected chi connectivity index (χ0v) is 8.78. The molecule has 5 heteroatoms. The number of rotatable bonds is 1. The molecular weight excluding hydrogens is 200 g/mol. The van der Waals surface area contributed by atoms with Crippen LogP contribution in [-0.2, 0) is 0 Å². The molecule has 0 aliphatic carbocycles. The van der Waals surface area contributed by atoms with Crippen molar-refractivity contribution in [3.8, 4) is 0 Å². The number of nitrogens with zero attached hydrogens (tertiary/aromatic N) is 3. The predicted octanol–water partition coefficient (Wildman–Crippen LogP) is 2.09. The summed E-state index contributed by atoms with van der Waals surface area (Å²) in [5.41, 5.74) is 7.60. The van der Waals surface area contributed by atoms with Crippen molar-refractivity contribution in [3.05, 3.63) is 23.1 Å². The first-order chi connectivity index (χ1) is 6.59. The summed E-state index contributed by atoms with van der Waals surface area (Å²) in [4.78, 5) is 3.89. The third-order valence-electron chi connectivity index (χ3n) is 2.13. The molecule has 0 atom stereocenters. The van der Waals surface area contributed by atoms with E-state index in [1.807, 2.05) is 12.1 Å². The maximum Gasteiger partial charge on any atom is 0.243 e. The van der Waals surface area contributed by atoms with Gasteiger partial charge in [0.25, 0.3) is 0 Å². The Morgan fingerprint density at radius 3 is 2.79 bits per heavy atom. The van der Waals surface area contributed by atoms with Gasteiger partial charge in [0, 0.05) is 5.69 Å². The minimum atomic E-state index is 0.174. The van der Waals surface area contributed by atoms with Gasteiger partial charge in [0.05, 0.1) is 0 Å². The van der Waals surface area contributed by atoms with Gasteiger partial charge in [-0.1, -0.05) is 13.8 Å². The number of fused-ring (bicyclic) bond motifs is 1. The van der Waals surface area contributed by atoms with Gasteiger partial charge in [-0.15, -0.1) is 5.10 Å². The van der Waals surface area contributed by atoms with E-state index in [2.05, 4.69) is 23.9 Å². The van der Waals surface area contributed by atoms with E-state index < -0.39 is 0 Å². The Balaban J connectivity index is 2.78. The van der Waals surface area contributed by atoms with Crippen LogP contribution in [0.15, 0.2) is 12.1 Å². The number of nitrogens with two attached hydrogens (primary N) is 1. The molecule has 2 rings (SSSR count). The van der Waals surface area contributed by atoms with Gasteiger partial charge in [0.2, 0.25) is 5.28 Å². The van der Waals surface area contributed by atoms with E-state index in [1.165, 1.54) is 0 Å². The highest BCUT2D eigenvalue weighted by atomic mass is 35.5. The minimum absolute atomic E-state index is 0.174. The predicted molar refractivity (Wildman–Crippen MR) is 56.5 cm³/mol. The summed E-state index contributed by atoms with van der Waals surface area (Å²) >= 11 is 5.73. The lowest BCUT2D eigenvalue weighted by molar-refractivity contribution is 0.752. The summed E-state index contributed by atoms with van der Waals surface area (Å²) in [5, 5.41) is 4.28. The summed E-state index contributed by atoms with van der Waals surface area (Å²) < 4.78 is 1.75. The van der Waals surface area contributed by atoms with Crippen LogP contribution in [0.1, 0.15) is 25.5 Å². The van der Waals surface area contributed by atoms with Crippen LogP contribution in [0.25, 0.3) is 5.52 Å². The zero-order chi connectivity index (χ0) is 10.3. The summed E-state index contributed by atoms with van der Waals surface area (Å²) in [6.07, 6.45) is 0. The molecule has 14 heavy (non-hydrogen) atoms. The average molecular weight is 211 g/mol. The van der Waals surface area contributed by atoms with Crippen LogP contribution >= 0.6 is 11.6 Å². The van der Waals surface area contributed by atoms with Crippen molar-refractivity contribution in [3.63, 3.8) is 0 Å². The first-order valence-electron chi connectivity index (χ1n) is 4.40. The third-order valence-corrected chi connectivity index (χ3v) is 2.29. The molecule has 0 fully saturated rings. The lowest BCUT2D eigenvalue weighted by Crippen LogP contribution is -2.04. The topological polar surface area (TPSA) is 56.2 Å². The van der Waals surface area contributed by atoms with Crippen molar-refractivity contribution in [1.29, 1.82) is 0 Å². The lowest BCUT2D eigenvalue weighted by Gasteiger charge is -2.05. The molecule has 0 radical (unpaired) electrons. The van der Waals surface area contributed by atoms with Gasteiger partial charge in [0.15, 0.2) is 5.82 Å². The molecule has 0 bridgehead atoms. The maximum absolute atomic E-state index is 5.73. The molecule has 0 saturated carbocycles. The third kappa shape index (κ3) is 1.32. The zero-order valence-electron chi connectivity index (χ0n) is 8.03. The quantitative estimate of drug-likeness (QED) is 0.784. The van der Waals surface area contributed by atoms with Crippen molar-refractivity contribution < 1.29 is 0 Å². The molecule has 0 aromatic carbocycles. The van der Waals surface area contributed by atoms with Crippen LogP contribution in [0.4, 0.5) is 5.82 Å². The number of hydrogen-bond acceptors (Lipinski definition) is 3. The van der Waals surface area contributed by atoms with E-state index >= 15 is 0 Å². The summed E-state index contributed by atoms with van der Waals surface area (Å²) in [7, 11) is 0. The molecule has 2 aromatic rings. The van der Waals surface area contributed by atoms with Crippen molar-refractivity contribution >= 4 is 22.9 Å². The Morgan fingerprint density at radius 1 is 1.43 bits per heavy atom. The van der Waals surface area contributed by atoms with Gasteiger partial charge in [-0.2, -0.15) is 4.98 Å². The molecule has 0 aliphatic rings. The van der Waals surface area contributed by atoms with Crippen LogP contribution in [0, 0.1) is 0 Å². The fourth-order valence-corrected chi connectivity index (χ4v) is 1.62. The molecule has 2 heterocycles. The van der Waals surface area contributed by atoms with Crippen LogP contribution in [0.2, 0.25) is 5.28 Å². The SMILES string of the molecule is CC(C)c1ccc2c(N)nc(Cl)nn12. The maximum atomic E-state index is 5.73. The van der Waals surface area contributed by atoms with E-state index in [-0.39, 0.29) is 5.28 Å². The number of aromatic nitrogens is 3. The average Bonchev–Trinajstić information content (AvgIpc) is 2.47. The molecule has 74 valence electrons. The number of nitrogen functional groups attached to an aromatic ring is 1. The highest BCUT2D eigenvalue weighted by Gasteiger charge is 2.10. The Bertz CT molecular complexity index is 475.